The lowest BCUT2D eigenvalue weighted by atomic mass is 10.2. The predicted octanol–water partition coefficient (Wildman–Crippen LogP) is 3.62. The number of thioether (sulfide) groups is 1. The van der Waals surface area contributed by atoms with E-state index >= 15 is 0 Å². The van der Waals surface area contributed by atoms with Crippen molar-refractivity contribution in [2.45, 2.75) is 39.2 Å². The molecule has 3 rings (SSSR count). The van der Waals surface area contributed by atoms with Gasteiger partial charge in [-0.3, -0.25) is 9.59 Å². The minimum atomic E-state index is -0.541. The van der Waals surface area contributed by atoms with Gasteiger partial charge in [-0.25, -0.2) is 4.39 Å². The van der Waals surface area contributed by atoms with Crippen LogP contribution in [-0.2, 0) is 9.59 Å². The highest BCUT2D eigenvalue weighted by Gasteiger charge is 2.35. The van der Waals surface area contributed by atoms with E-state index in [1.165, 1.54) is 12.1 Å². The Labute approximate surface area is 164 Å². The number of allylic oxidation sites excluding steroid dienone is 1. The van der Waals surface area contributed by atoms with Gasteiger partial charge in [-0.05, 0) is 44.4 Å². The van der Waals surface area contributed by atoms with Gasteiger partial charge in [0.25, 0.3) is 5.91 Å². The zero-order chi connectivity index (χ0) is 19.4. The van der Waals surface area contributed by atoms with Gasteiger partial charge in [-0.15, -0.1) is 11.8 Å². The molecule has 27 heavy (non-hydrogen) atoms. The molecule has 0 radical (unpaired) electrons. The number of carbonyl (C=O) groups excluding carboxylic acids is 2. The Morgan fingerprint density at radius 2 is 2.04 bits per heavy atom. The van der Waals surface area contributed by atoms with Crippen molar-refractivity contribution in [3.63, 3.8) is 0 Å². The van der Waals surface area contributed by atoms with Crippen molar-refractivity contribution in [1.82, 2.24) is 4.90 Å². The monoisotopic (exact) mass is 391 g/mol. The normalized spacial score (nSPS) is 20.3. The molecule has 2 amide bonds. The fourth-order valence-corrected chi connectivity index (χ4v) is 4.66. The van der Waals surface area contributed by atoms with Crippen molar-refractivity contribution in [3.8, 4) is 0 Å². The van der Waals surface area contributed by atoms with E-state index in [4.69, 9.17) is 0 Å². The number of hydrogen-bond acceptors (Lipinski definition) is 4. The third-order valence-electron chi connectivity index (χ3n) is 4.91. The molecule has 7 heteroatoms. The van der Waals surface area contributed by atoms with Crippen LogP contribution >= 0.6 is 11.8 Å². The Kier molecular flexibility index (Phi) is 6.42. The Balaban J connectivity index is 1.72. The molecule has 2 heterocycles. The van der Waals surface area contributed by atoms with Crippen LogP contribution < -0.4 is 10.2 Å². The lowest BCUT2D eigenvalue weighted by molar-refractivity contribution is -0.133. The molecule has 1 aromatic rings. The largest absolute Gasteiger partial charge is 0.371 e. The summed E-state index contributed by atoms with van der Waals surface area (Å²) in [6, 6.07) is 4.10. The Hall–Kier alpha value is -2.02. The summed E-state index contributed by atoms with van der Waals surface area (Å²) in [4.78, 5) is 29.1. The standard InChI is InChI=1S/C20H26FN3O2S/c1-3-6-14(2)20(26)24-13-27-12-18(24)19(25)22-16-9-15(21)10-17(11-16)23-7-4-5-8-23/h6,9-11,18H,3-5,7-8,12-13H2,1-2H3,(H,22,25). The maximum Gasteiger partial charge on any atom is 0.250 e. The zero-order valence-corrected chi connectivity index (χ0v) is 16.7. The molecule has 0 aromatic heterocycles. The second-order valence-electron chi connectivity index (χ2n) is 6.97. The summed E-state index contributed by atoms with van der Waals surface area (Å²) < 4.78 is 14.1. The quantitative estimate of drug-likeness (QED) is 0.779. The number of carbonyl (C=O) groups is 2. The minimum absolute atomic E-state index is 0.112. The Morgan fingerprint density at radius 3 is 2.74 bits per heavy atom. The molecule has 2 saturated heterocycles. The predicted molar refractivity (Wildman–Crippen MR) is 108 cm³/mol. The summed E-state index contributed by atoms with van der Waals surface area (Å²) in [7, 11) is 0. The first-order chi connectivity index (χ1) is 13.0. The number of halogens is 1. The third-order valence-corrected chi connectivity index (χ3v) is 5.93. The van der Waals surface area contributed by atoms with Crippen LogP contribution in [0.25, 0.3) is 0 Å². The number of benzene rings is 1. The van der Waals surface area contributed by atoms with E-state index in [9.17, 15) is 14.0 Å². The van der Waals surface area contributed by atoms with E-state index in [0.29, 0.717) is 22.9 Å². The molecule has 2 aliphatic rings. The molecule has 1 unspecified atom stereocenters. The molecule has 1 atom stereocenters. The zero-order valence-electron chi connectivity index (χ0n) is 15.8. The van der Waals surface area contributed by atoms with Crippen molar-refractivity contribution in [2.24, 2.45) is 0 Å². The van der Waals surface area contributed by atoms with Crippen molar-refractivity contribution in [1.29, 1.82) is 0 Å². The van der Waals surface area contributed by atoms with Crippen molar-refractivity contribution >= 4 is 35.0 Å². The smallest absolute Gasteiger partial charge is 0.250 e. The number of nitrogens with one attached hydrogen (secondary N) is 1. The second-order valence-corrected chi connectivity index (χ2v) is 7.97. The van der Waals surface area contributed by atoms with Gasteiger partial charge >= 0.3 is 0 Å². The SMILES string of the molecule is CCC=C(C)C(=O)N1CSCC1C(=O)Nc1cc(F)cc(N2CCCC2)c1. The van der Waals surface area contributed by atoms with Gasteiger partial charge in [0, 0.05) is 35.8 Å². The van der Waals surface area contributed by atoms with Gasteiger partial charge in [0.05, 0.1) is 5.88 Å². The lowest BCUT2D eigenvalue weighted by Gasteiger charge is -2.24. The maximum atomic E-state index is 14.1. The Morgan fingerprint density at radius 1 is 1.30 bits per heavy atom. The number of anilines is 2. The average molecular weight is 392 g/mol. The van der Waals surface area contributed by atoms with Gasteiger partial charge in [0.15, 0.2) is 0 Å². The highest BCUT2D eigenvalue weighted by atomic mass is 32.2. The van der Waals surface area contributed by atoms with Crippen molar-refractivity contribution in [3.05, 3.63) is 35.7 Å². The first-order valence-electron chi connectivity index (χ1n) is 9.41. The van der Waals surface area contributed by atoms with Gasteiger partial charge in [-0.2, -0.15) is 0 Å². The first-order valence-corrected chi connectivity index (χ1v) is 10.6. The van der Waals surface area contributed by atoms with E-state index in [1.807, 2.05) is 19.1 Å². The van der Waals surface area contributed by atoms with Gasteiger partial charge in [-0.1, -0.05) is 13.0 Å². The molecule has 5 nitrogen and oxygen atoms in total. The number of hydrogen-bond donors (Lipinski definition) is 1. The average Bonchev–Trinajstić information content (AvgIpc) is 3.32. The molecule has 146 valence electrons. The fourth-order valence-electron chi connectivity index (χ4n) is 3.51. The molecule has 0 aliphatic carbocycles. The van der Waals surface area contributed by atoms with Crippen LogP contribution in [-0.4, -0.2) is 47.5 Å². The van der Waals surface area contributed by atoms with Crippen LogP contribution in [0.2, 0.25) is 0 Å². The van der Waals surface area contributed by atoms with Gasteiger partial charge in [0.2, 0.25) is 5.91 Å². The molecular weight excluding hydrogens is 365 g/mol. The lowest BCUT2D eigenvalue weighted by Crippen LogP contribution is -2.44. The van der Waals surface area contributed by atoms with Crippen LogP contribution in [0.3, 0.4) is 0 Å². The van der Waals surface area contributed by atoms with Gasteiger partial charge < -0.3 is 15.1 Å². The summed E-state index contributed by atoms with van der Waals surface area (Å²) >= 11 is 1.55. The van der Waals surface area contributed by atoms with Crippen LogP contribution in [0.1, 0.15) is 33.1 Å². The number of nitrogens with zero attached hydrogens (tertiary/aromatic N) is 2. The second kappa shape index (κ2) is 8.78. The highest BCUT2D eigenvalue weighted by molar-refractivity contribution is 7.99. The van der Waals surface area contributed by atoms with Crippen molar-refractivity contribution in [2.75, 3.05) is 34.9 Å². The first kappa shape index (κ1) is 19.7. The molecule has 2 fully saturated rings. The fraction of sp³-hybridized carbons (Fsp3) is 0.500. The number of amides is 2. The van der Waals surface area contributed by atoms with Crippen LogP contribution in [0.4, 0.5) is 15.8 Å². The molecule has 0 saturated carbocycles. The van der Waals surface area contributed by atoms with E-state index < -0.39 is 6.04 Å². The summed E-state index contributed by atoms with van der Waals surface area (Å²) in [6.07, 6.45) is 4.84. The van der Waals surface area contributed by atoms with E-state index in [2.05, 4.69) is 10.2 Å². The molecule has 1 aromatic carbocycles. The summed E-state index contributed by atoms with van der Waals surface area (Å²) in [5, 5.41) is 2.81. The minimum Gasteiger partial charge on any atom is -0.371 e. The van der Waals surface area contributed by atoms with Crippen molar-refractivity contribution < 1.29 is 14.0 Å². The van der Waals surface area contributed by atoms with E-state index in [1.54, 1.807) is 23.6 Å². The summed E-state index contributed by atoms with van der Waals surface area (Å²) in [5.41, 5.74) is 1.88. The molecule has 1 N–H and O–H groups in total. The summed E-state index contributed by atoms with van der Waals surface area (Å²) in [5.74, 6) is 0.291. The third kappa shape index (κ3) is 4.64. The summed E-state index contributed by atoms with van der Waals surface area (Å²) in [6.45, 7) is 5.56. The van der Waals surface area contributed by atoms with Crippen LogP contribution in [0.5, 0.6) is 0 Å². The molecular formula is C20H26FN3O2S. The number of rotatable bonds is 5. The van der Waals surface area contributed by atoms with E-state index in [-0.39, 0.29) is 17.6 Å². The van der Waals surface area contributed by atoms with Crippen LogP contribution in [0.15, 0.2) is 29.8 Å². The van der Waals surface area contributed by atoms with Gasteiger partial charge in [0.1, 0.15) is 11.9 Å². The molecule has 0 spiro atoms. The highest BCUT2D eigenvalue weighted by Crippen LogP contribution is 2.27. The Bertz CT molecular complexity index is 747. The molecule has 0 bridgehead atoms. The maximum absolute atomic E-state index is 14.1. The molecule has 2 aliphatic heterocycles. The topological polar surface area (TPSA) is 52.7 Å². The van der Waals surface area contributed by atoms with Crippen LogP contribution in [0, 0.1) is 5.82 Å². The van der Waals surface area contributed by atoms with E-state index in [0.717, 1.165) is 38.0 Å².